The van der Waals surface area contributed by atoms with E-state index in [-0.39, 0.29) is 12.0 Å². The quantitative estimate of drug-likeness (QED) is 0.875. The van der Waals surface area contributed by atoms with E-state index < -0.39 is 0 Å². The first kappa shape index (κ1) is 16.0. The second kappa shape index (κ2) is 6.70. The van der Waals surface area contributed by atoms with E-state index in [1.165, 1.54) is 6.33 Å². The zero-order valence-electron chi connectivity index (χ0n) is 14.0. The maximum absolute atomic E-state index is 12.5. The summed E-state index contributed by atoms with van der Waals surface area (Å²) in [4.78, 5) is 16.7. The number of hydrogen-bond acceptors (Lipinski definition) is 5. The number of rotatable bonds is 4. The molecule has 1 N–H and O–H groups in total. The maximum atomic E-state index is 12.5. The number of ether oxygens (including phenoxy) is 1. The van der Waals surface area contributed by atoms with Gasteiger partial charge in [-0.1, -0.05) is 36.4 Å². The van der Waals surface area contributed by atoms with Gasteiger partial charge in [0.1, 0.15) is 12.4 Å². The van der Waals surface area contributed by atoms with Crippen LogP contribution in [0.2, 0.25) is 0 Å². The van der Waals surface area contributed by atoms with Crippen LogP contribution in [0, 0.1) is 0 Å². The number of nitrogens with one attached hydrogen (secondary N) is 1. The Bertz CT molecular complexity index is 805. The average Bonchev–Trinajstić information content (AvgIpc) is 3.02. The van der Waals surface area contributed by atoms with Gasteiger partial charge in [-0.25, -0.2) is 9.48 Å². The molecule has 0 amide bonds. The van der Waals surface area contributed by atoms with Gasteiger partial charge in [-0.3, -0.25) is 0 Å². The number of hydrogen-bond donors (Lipinski definition) is 1. The summed E-state index contributed by atoms with van der Waals surface area (Å²) in [5.74, 6) is 0.279. The molecule has 0 aliphatic carbocycles. The lowest BCUT2D eigenvalue weighted by atomic mass is 9.95. The number of allylic oxidation sites excluding steroid dienone is 2. The van der Waals surface area contributed by atoms with Crippen LogP contribution in [0.1, 0.15) is 32.4 Å². The van der Waals surface area contributed by atoms with E-state index in [1.807, 2.05) is 50.3 Å². The predicted octanol–water partition coefficient (Wildman–Crippen LogP) is 3.19. The third kappa shape index (κ3) is 2.95. The lowest BCUT2D eigenvalue weighted by molar-refractivity contribution is -0.139. The van der Waals surface area contributed by atoms with Gasteiger partial charge < -0.3 is 10.1 Å². The number of esters is 1. The molecule has 1 atom stereocenters. The highest BCUT2D eigenvalue weighted by Gasteiger charge is 2.33. The average molecular weight is 324 g/mol. The van der Waals surface area contributed by atoms with Crippen molar-refractivity contribution in [2.75, 3.05) is 11.9 Å². The highest BCUT2D eigenvalue weighted by Crippen LogP contribution is 2.35. The van der Waals surface area contributed by atoms with Gasteiger partial charge in [0.05, 0.1) is 12.2 Å². The Kier molecular flexibility index (Phi) is 4.46. The molecule has 124 valence electrons. The fraction of sp³-hybridized carbons (Fsp3) is 0.278. The summed E-state index contributed by atoms with van der Waals surface area (Å²) in [7, 11) is 0. The first-order valence-electron chi connectivity index (χ1n) is 7.89. The Morgan fingerprint density at radius 3 is 2.83 bits per heavy atom. The molecule has 1 aliphatic heterocycles. The predicted molar refractivity (Wildman–Crippen MR) is 92.1 cm³/mol. The van der Waals surface area contributed by atoms with Gasteiger partial charge in [0.2, 0.25) is 5.95 Å². The van der Waals surface area contributed by atoms with Crippen molar-refractivity contribution in [3.8, 4) is 0 Å². The Morgan fingerprint density at radius 2 is 2.12 bits per heavy atom. The zero-order valence-corrected chi connectivity index (χ0v) is 14.0. The fourth-order valence-corrected chi connectivity index (χ4v) is 2.88. The molecule has 1 aliphatic rings. The number of nitrogens with zero attached hydrogens (tertiary/aromatic N) is 3. The molecule has 0 unspecified atom stereocenters. The molecule has 6 nitrogen and oxygen atoms in total. The molecular weight excluding hydrogens is 304 g/mol. The van der Waals surface area contributed by atoms with Crippen LogP contribution in [-0.2, 0) is 9.53 Å². The van der Waals surface area contributed by atoms with Crippen molar-refractivity contribution in [3.05, 3.63) is 59.1 Å². The Balaban J connectivity index is 2.07. The van der Waals surface area contributed by atoms with Crippen molar-refractivity contribution in [1.82, 2.24) is 14.8 Å². The molecule has 3 rings (SSSR count). The summed E-state index contributed by atoms with van der Waals surface area (Å²) in [6.45, 7) is 5.97. The van der Waals surface area contributed by atoms with Gasteiger partial charge in [-0.15, -0.1) is 0 Å². The van der Waals surface area contributed by atoms with Crippen LogP contribution in [-0.4, -0.2) is 27.3 Å². The molecule has 0 fully saturated rings. The highest BCUT2D eigenvalue weighted by atomic mass is 16.5. The van der Waals surface area contributed by atoms with E-state index >= 15 is 0 Å². The standard InChI is InChI=1S/C18H20N4O2/c1-4-24-17(23)15-13(3)21-18-19-11-20-22(18)16(15)12(2)10-14-8-6-5-7-9-14/h5-11,16H,4H2,1-3H3,(H,19,20,21)/b12-10+/t16-/m1/s1. The SMILES string of the molecule is CCOC(=O)C1=C(C)Nc2ncnn2[C@@H]1/C(C)=C/c1ccccc1. The van der Waals surface area contributed by atoms with Crippen LogP contribution >= 0.6 is 0 Å². The van der Waals surface area contributed by atoms with E-state index in [4.69, 9.17) is 4.74 Å². The molecule has 0 bridgehead atoms. The second-order valence-electron chi connectivity index (χ2n) is 5.61. The van der Waals surface area contributed by atoms with Gasteiger partial charge in [0.25, 0.3) is 0 Å². The van der Waals surface area contributed by atoms with E-state index in [1.54, 1.807) is 11.6 Å². The topological polar surface area (TPSA) is 69.0 Å². The smallest absolute Gasteiger partial charge is 0.338 e. The summed E-state index contributed by atoms with van der Waals surface area (Å²) < 4.78 is 6.96. The maximum Gasteiger partial charge on any atom is 0.338 e. The minimum absolute atomic E-state index is 0.327. The van der Waals surface area contributed by atoms with Crippen LogP contribution in [0.25, 0.3) is 6.08 Å². The second-order valence-corrected chi connectivity index (χ2v) is 5.61. The number of carbonyl (C=O) groups excluding carboxylic acids is 1. The van der Waals surface area contributed by atoms with Gasteiger partial charge >= 0.3 is 5.97 Å². The van der Waals surface area contributed by atoms with Crippen molar-refractivity contribution in [1.29, 1.82) is 0 Å². The van der Waals surface area contributed by atoms with Gasteiger partial charge in [0.15, 0.2) is 0 Å². The first-order chi connectivity index (χ1) is 11.6. The van der Waals surface area contributed by atoms with Crippen LogP contribution in [0.4, 0.5) is 5.95 Å². The van der Waals surface area contributed by atoms with E-state index in [0.717, 1.165) is 16.8 Å². The Morgan fingerprint density at radius 1 is 1.38 bits per heavy atom. The molecular formula is C18H20N4O2. The summed E-state index contributed by atoms with van der Waals surface area (Å²) >= 11 is 0. The lowest BCUT2D eigenvalue weighted by Gasteiger charge is -2.28. The van der Waals surface area contributed by atoms with Crippen molar-refractivity contribution in [2.24, 2.45) is 0 Å². The van der Waals surface area contributed by atoms with Crippen molar-refractivity contribution in [2.45, 2.75) is 26.8 Å². The van der Waals surface area contributed by atoms with Crippen molar-refractivity contribution in [3.63, 3.8) is 0 Å². The monoisotopic (exact) mass is 324 g/mol. The van der Waals surface area contributed by atoms with Crippen LogP contribution in [0.3, 0.4) is 0 Å². The zero-order chi connectivity index (χ0) is 17.1. The molecule has 1 aromatic carbocycles. The minimum atomic E-state index is -0.344. The number of fused-ring (bicyclic) bond motifs is 1. The van der Waals surface area contributed by atoms with Crippen molar-refractivity contribution < 1.29 is 9.53 Å². The number of anilines is 1. The van der Waals surface area contributed by atoms with Gasteiger partial charge in [0, 0.05) is 5.70 Å². The summed E-state index contributed by atoms with van der Waals surface area (Å²) in [5.41, 5.74) is 3.34. The molecule has 24 heavy (non-hydrogen) atoms. The Labute approximate surface area is 140 Å². The number of benzene rings is 1. The molecule has 0 spiro atoms. The number of carbonyl (C=O) groups is 1. The van der Waals surface area contributed by atoms with E-state index in [2.05, 4.69) is 15.4 Å². The highest BCUT2D eigenvalue weighted by molar-refractivity contribution is 5.92. The number of aromatic nitrogens is 3. The summed E-state index contributed by atoms with van der Waals surface area (Å²) in [5, 5.41) is 7.41. The molecule has 2 heterocycles. The molecule has 0 saturated heterocycles. The molecule has 0 saturated carbocycles. The van der Waals surface area contributed by atoms with Crippen LogP contribution < -0.4 is 5.32 Å². The van der Waals surface area contributed by atoms with E-state index in [0.29, 0.717) is 18.1 Å². The van der Waals surface area contributed by atoms with Crippen LogP contribution in [0.15, 0.2) is 53.5 Å². The third-order valence-corrected chi connectivity index (χ3v) is 3.91. The Hall–Kier alpha value is -2.89. The molecule has 0 radical (unpaired) electrons. The largest absolute Gasteiger partial charge is 0.463 e. The lowest BCUT2D eigenvalue weighted by Crippen LogP contribution is -2.29. The minimum Gasteiger partial charge on any atom is -0.463 e. The van der Waals surface area contributed by atoms with Crippen molar-refractivity contribution >= 4 is 18.0 Å². The van der Waals surface area contributed by atoms with Gasteiger partial charge in [-0.2, -0.15) is 10.1 Å². The van der Waals surface area contributed by atoms with Gasteiger partial charge in [-0.05, 0) is 31.9 Å². The summed E-state index contributed by atoms with van der Waals surface area (Å²) in [6.07, 6.45) is 3.53. The third-order valence-electron chi connectivity index (χ3n) is 3.91. The van der Waals surface area contributed by atoms with Crippen LogP contribution in [0.5, 0.6) is 0 Å². The molecule has 1 aromatic heterocycles. The fourth-order valence-electron chi connectivity index (χ4n) is 2.88. The molecule has 6 heteroatoms. The summed E-state index contributed by atoms with van der Waals surface area (Å²) in [6, 6.07) is 9.63. The normalized spacial score (nSPS) is 17.3. The first-order valence-corrected chi connectivity index (χ1v) is 7.89. The van der Waals surface area contributed by atoms with E-state index in [9.17, 15) is 4.79 Å². The molecule has 2 aromatic rings.